The maximum atomic E-state index is 13.4. The van der Waals surface area contributed by atoms with E-state index in [0.29, 0.717) is 17.1 Å². The second-order valence-corrected chi connectivity index (χ2v) is 9.37. The minimum atomic E-state index is -0.720. The van der Waals surface area contributed by atoms with Crippen molar-refractivity contribution in [3.63, 3.8) is 0 Å². The van der Waals surface area contributed by atoms with E-state index >= 15 is 0 Å². The van der Waals surface area contributed by atoms with E-state index in [9.17, 15) is 14.4 Å². The number of likely N-dealkylation sites (N-methyl/N-ethyl adjacent to an activating group) is 1. The zero-order valence-electron chi connectivity index (χ0n) is 21.6. The summed E-state index contributed by atoms with van der Waals surface area (Å²) in [6, 6.07) is 25.8. The van der Waals surface area contributed by atoms with Crippen LogP contribution in [0.3, 0.4) is 0 Å². The van der Waals surface area contributed by atoms with Crippen molar-refractivity contribution in [1.29, 1.82) is 0 Å². The summed E-state index contributed by atoms with van der Waals surface area (Å²) in [6.45, 7) is 4.88. The number of alkyl carbamates (subject to hydrolysis) is 1. The lowest BCUT2D eigenvalue weighted by Gasteiger charge is -2.27. The molecule has 0 aliphatic heterocycles. The highest BCUT2D eigenvalue weighted by atomic mass is 16.6. The third-order valence-corrected chi connectivity index (χ3v) is 5.29. The van der Waals surface area contributed by atoms with Gasteiger partial charge < -0.3 is 19.7 Å². The highest BCUT2D eigenvalue weighted by Gasteiger charge is 2.25. The maximum absolute atomic E-state index is 13.4. The number of nitrogens with zero attached hydrogens (tertiary/aromatic N) is 2. The molecule has 8 nitrogen and oxygen atoms in total. The number of ether oxygens (including phenoxy) is 2. The zero-order chi connectivity index (χ0) is 26.8. The number of amides is 3. The van der Waals surface area contributed by atoms with Crippen LogP contribution in [-0.2, 0) is 20.9 Å². The summed E-state index contributed by atoms with van der Waals surface area (Å²) < 4.78 is 11.3. The Hall–Kier alpha value is -4.33. The highest BCUT2D eigenvalue weighted by Crippen LogP contribution is 2.29. The average Bonchev–Trinajstić information content (AvgIpc) is 2.89. The summed E-state index contributed by atoms with van der Waals surface area (Å²) in [7, 11) is 1.65. The fraction of sp³-hybridized carbons (Fsp3) is 0.276. The Bertz CT molecular complexity index is 1190. The van der Waals surface area contributed by atoms with Crippen LogP contribution in [0.4, 0.5) is 16.2 Å². The first-order chi connectivity index (χ1) is 17.6. The molecule has 1 N–H and O–H groups in total. The number of carbonyl (C=O) groups excluding carboxylic acids is 3. The van der Waals surface area contributed by atoms with Crippen LogP contribution in [0.15, 0.2) is 84.9 Å². The second-order valence-electron chi connectivity index (χ2n) is 9.37. The smallest absolute Gasteiger partial charge is 0.408 e. The Morgan fingerprint density at radius 2 is 1.41 bits per heavy atom. The van der Waals surface area contributed by atoms with Crippen molar-refractivity contribution in [3.8, 4) is 5.75 Å². The van der Waals surface area contributed by atoms with E-state index in [-0.39, 0.29) is 25.6 Å². The third kappa shape index (κ3) is 8.38. The molecule has 0 aliphatic rings. The van der Waals surface area contributed by atoms with Gasteiger partial charge in [0, 0.05) is 12.7 Å². The number of rotatable bonds is 9. The lowest BCUT2D eigenvalue weighted by Crippen LogP contribution is -2.46. The predicted octanol–water partition coefficient (Wildman–Crippen LogP) is 4.79. The Morgan fingerprint density at radius 3 is 2.05 bits per heavy atom. The monoisotopic (exact) mass is 503 g/mol. The first kappa shape index (κ1) is 27.3. The largest absolute Gasteiger partial charge is 0.487 e. The quantitative estimate of drug-likeness (QED) is 0.454. The van der Waals surface area contributed by atoms with E-state index in [0.717, 1.165) is 5.56 Å². The fourth-order valence-electron chi connectivity index (χ4n) is 3.44. The highest BCUT2D eigenvalue weighted by molar-refractivity contribution is 6.05. The van der Waals surface area contributed by atoms with E-state index in [1.54, 1.807) is 52.1 Å². The second kappa shape index (κ2) is 12.6. The van der Waals surface area contributed by atoms with E-state index in [4.69, 9.17) is 9.47 Å². The van der Waals surface area contributed by atoms with E-state index in [1.807, 2.05) is 60.7 Å². The summed E-state index contributed by atoms with van der Waals surface area (Å²) in [4.78, 5) is 41.6. The van der Waals surface area contributed by atoms with Crippen LogP contribution in [0.1, 0.15) is 26.3 Å². The normalized spacial score (nSPS) is 10.8. The summed E-state index contributed by atoms with van der Waals surface area (Å²) in [5.41, 5.74) is 1.37. The summed E-state index contributed by atoms with van der Waals surface area (Å²) >= 11 is 0. The van der Waals surface area contributed by atoms with Crippen LogP contribution >= 0.6 is 0 Å². The van der Waals surface area contributed by atoms with Gasteiger partial charge in [0.25, 0.3) is 0 Å². The van der Waals surface area contributed by atoms with Gasteiger partial charge in [-0.15, -0.1) is 0 Å². The Labute approximate surface area is 217 Å². The molecule has 37 heavy (non-hydrogen) atoms. The molecule has 8 heteroatoms. The van der Waals surface area contributed by atoms with Crippen LogP contribution in [0.2, 0.25) is 0 Å². The summed E-state index contributed by atoms with van der Waals surface area (Å²) in [5.74, 6) is -0.363. The summed E-state index contributed by atoms with van der Waals surface area (Å²) in [5, 5.41) is 2.48. The van der Waals surface area contributed by atoms with Gasteiger partial charge in [-0.25, -0.2) is 4.79 Å². The SMILES string of the molecule is CN(C(=O)CN(C(=O)CNC(=O)OC(C)(C)C)c1ccccc1OCc1ccccc1)c1ccccc1. The average molecular weight is 504 g/mol. The minimum Gasteiger partial charge on any atom is -0.487 e. The van der Waals surface area contributed by atoms with Crippen molar-refractivity contribution in [2.75, 3.05) is 29.9 Å². The first-order valence-electron chi connectivity index (χ1n) is 12.0. The van der Waals surface area contributed by atoms with Gasteiger partial charge in [0.2, 0.25) is 11.8 Å². The molecule has 0 aromatic heterocycles. The zero-order valence-corrected chi connectivity index (χ0v) is 21.6. The molecule has 0 heterocycles. The van der Waals surface area contributed by atoms with Crippen molar-refractivity contribution in [1.82, 2.24) is 5.32 Å². The maximum Gasteiger partial charge on any atom is 0.408 e. The molecule has 0 fully saturated rings. The molecule has 3 aromatic carbocycles. The molecule has 0 aliphatic carbocycles. The molecular formula is C29H33N3O5. The first-order valence-corrected chi connectivity index (χ1v) is 12.0. The molecule has 0 saturated heterocycles. The number of hydrogen-bond donors (Lipinski definition) is 1. The molecule has 3 aromatic rings. The van der Waals surface area contributed by atoms with Crippen LogP contribution in [0.25, 0.3) is 0 Å². The van der Waals surface area contributed by atoms with Crippen LogP contribution < -0.4 is 19.9 Å². The Kier molecular flexibility index (Phi) is 9.27. The van der Waals surface area contributed by atoms with Crippen LogP contribution in [0, 0.1) is 0 Å². The van der Waals surface area contributed by atoms with Gasteiger partial charge in [-0.1, -0.05) is 60.7 Å². The van der Waals surface area contributed by atoms with Gasteiger partial charge in [-0.2, -0.15) is 0 Å². The number of para-hydroxylation sites is 3. The van der Waals surface area contributed by atoms with Crippen LogP contribution in [0.5, 0.6) is 5.75 Å². The van der Waals surface area contributed by atoms with E-state index in [1.165, 1.54) is 9.80 Å². The number of carbonyl (C=O) groups is 3. The van der Waals surface area contributed by atoms with Gasteiger partial charge in [0.1, 0.15) is 31.0 Å². The fourth-order valence-corrected chi connectivity index (χ4v) is 3.44. The predicted molar refractivity (Wildman–Crippen MR) is 144 cm³/mol. The minimum absolute atomic E-state index is 0.258. The summed E-state index contributed by atoms with van der Waals surface area (Å²) in [6.07, 6.45) is -0.720. The molecule has 0 bridgehead atoms. The van der Waals surface area contributed by atoms with Gasteiger partial charge in [-0.3, -0.25) is 14.5 Å². The molecule has 0 atom stereocenters. The molecule has 0 unspecified atom stereocenters. The Balaban J connectivity index is 1.83. The van der Waals surface area contributed by atoms with Crippen molar-refractivity contribution in [2.24, 2.45) is 0 Å². The lowest BCUT2D eigenvalue weighted by molar-refractivity contribution is -0.122. The molecule has 0 radical (unpaired) electrons. The van der Waals surface area contributed by atoms with Crippen molar-refractivity contribution >= 4 is 29.3 Å². The van der Waals surface area contributed by atoms with E-state index < -0.39 is 17.6 Å². The molecule has 0 saturated carbocycles. The topological polar surface area (TPSA) is 88.2 Å². The number of hydrogen-bond acceptors (Lipinski definition) is 5. The number of benzene rings is 3. The molecule has 3 rings (SSSR count). The van der Waals surface area contributed by atoms with Crippen LogP contribution in [-0.4, -0.2) is 43.6 Å². The van der Waals surface area contributed by atoms with Gasteiger partial charge in [-0.05, 0) is 50.6 Å². The van der Waals surface area contributed by atoms with Crippen molar-refractivity contribution in [2.45, 2.75) is 33.0 Å². The van der Waals surface area contributed by atoms with Gasteiger partial charge in [0.15, 0.2) is 0 Å². The molecule has 0 spiro atoms. The van der Waals surface area contributed by atoms with E-state index in [2.05, 4.69) is 5.32 Å². The van der Waals surface area contributed by atoms with Gasteiger partial charge >= 0.3 is 6.09 Å². The van der Waals surface area contributed by atoms with Crippen molar-refractivity contribution < 1.29 is 23.9 Å². The Morgan fingerprint density at radius 1 is 0.811 bits per heavy atom. The standard InChI is InChI=1S/C29H33N3O5/c1-29(2,3)37-28(35)30-19-26(33)32(20-27(34)31(4)23-15-9-6-10-16-23)24-17-11-12-18-25(24)36-21-22-13-7-5-8-14-22/h5-18H,19-21H2,1-4H3,(H,30,35). The molecule has 194 valence electrons. The van der Waals surface area contributed by atoms with Gasteiger partial charge in [0.05, 0.1) is 5.69 Å². The lowest BCUT2D eigenvalue weighted by atomic mass is 10.2. The molecule has 3 amide bonds. The van der Waals surface area contributed by atoms with Crippen molar-refractivity contribution in [3.05, 3.63) is 90.5 Å². The number of nitrogens with one attached hydrogen (secondary N) is 1. The number of anilines is 2. The molecular weight excluding hydrogens is 470 g/mol. The third-order valence-electron chi connectivity index (χ3n) is 5.29.